The molecule has 1 aromatic rings. The molecule has 0 atom stereocenters. The average molecular weight is 298 g/mol. The summed E-state index contributed by atoms with van der Waals surface area (Å²) in [6, 6.07) is 5.44. The van der Waals surface area contributed by atoms with Crippen molar-refractivity contribution in [1.29, 1.82) is 0 Å². The first-order chi connectivity index (χ1) is 8.04. The first-order valence-electron chi connectivity index (χ1n) is 5.70. The summed E-state index contributed by atoms with van der Waals surface area (Å²) < 4.78 is 6.08. The maximum Gasteiger partial charge on any atom is 0.255 e. The lowest BCUT2D eigenvalue weighted by Crippen LogP contribution is -2.50. The van der Waals surface area contributed by atoms with E-state index in [1.165, 1.54) is 6.42 Å². The van der Waals surface area contributed by atoms with Crippen LogP contribution in [0.1, 0.15) is 36.5 Å². The van der Waals surface area contributed by atoms with Gasteiger partial charge >= 0.3 is 0 Å². The number of methoxy groups -OCH3 is 1. The SMILES string of the molecule is COc1ccc(Br)cc1C(=O)NC1(C)CCC1. The van der Waals surface area contributed by atoms with Crippen LogP contribution in [-0.2, 0) is 0 Å². The van der Waals surface area contributed by atoms with Crippen molar-refractivity contribution in [2.45, 2.75) is 31.7 Å². The van der Waals surface area contributed by atoms with Gasteiger partial charge in [0.05, 0.1) is 12.7 Å². The van der Waals surface area contributed by atoms with Gasteiger partial charge in [-0.25, -0.2) is 0 Å². The predicted octanol–water partition coefficient (Wildman–Crippen LogP) is 3.13. The van der Waals surface area contributed by atoms with Crippen molar-refractivity contribution in [3.8, 4) is 5.75 Å². The number of amides is 1. The molecule has 1 aliphatic rings. The molecule has 0 aliphatic heterocycles. The highest BCUT2D eigenvalue weighted by atomic mass is 79.9. The van der Waals surface area contributed by atoms with Crippen LogP contribution in [0, 0.1) is 0 Å². The molecule has 0 radical (unpaired) electrons. The van der Waals surface area contributed by atoms with Crippen LogP contribution in [-0.4, -0.2) is 18.6 Å². The molecule has 0 saturated heterocycles. The average Bonchev–Trinajstić information content (AvgIpc) is 2.26. The molecule has 4 heteroatoms. The molecule has 0 heterocycles. The van der Waals surface area contributed by atoms with Gasteiger partial charge in [0.2, 0.25) is 0 Å². The van der Waals surface area contributed by atoms with E-state index < -0.39 is 0 Å². The van der Waals surface area contributed by atoms with Crippen LogP contribution < -0.4 is 10.1 Å². The van der Waals surface area contributed by atoms with Crippen LogP contribution in [0.15, 0.2) is 22.7 Å². The fourth-order valence-electron chi connectivity index (χ4n) is 2.03. The Balaban J connectivity index is 2.20. The van der Waals surface area contributed by atoms with Crippen molar-refractivity contribution in [2.24, 2.45) is 0 Å². The Morgan fingerprint density at radius 2 is 2.18 bits per heavy atom. The topological polar surface area (TPSA) is 38.3 Å². The van der Waals surface area contributed by atoms with E-state index in [9.17, 15) is 4.79 Å². The maximum atomic E-state index is 12.2. The second-order valence-corrected chi connectivity index (χ2v) is 5.63. The second-order valence-electron chi connectivity index (χ2n) is 4.71. The van der Waals surface area contributed by atoms with Gasteiger partial charge in [-0.3, -0.25) is 4.79 Å². The van der Waals surface area contributed by atoms with E-state index in [0.29, 0.717) is 11.3 Å². The van der Waals surface area contributed by atoms with E-state index in [-0.39, 0.29) is 11.4 Å². The maximum absolute atomic E-state index is 12.2. The molecule has 1 amide bonds. The van der Waals surface area contributed by atoms with Crippen LogP contribution in [0.2, 0.25) is 0 Å². The summed E-state index contributed by atoms with van der Waals surface area (Å²) in [6.45, 7) is 2.08. The lowest BCUT2D eigenvalue weighted by molar-refractivity contribution is 0.0847. The highest BCUT2D eigenvalue weighted by Gasteiger charge is 2.33. The number of carbonyl (C=O) groups excluding carboxylic acids is 1. The third-order valence-electron chi connectivity index (χ3n) is 3.28. The minimum absolute atomic E-state index is 0.0373. The first-order valence-corrected chi connectivity index (χ1v) is 6.49. The summed E-state index contributed by atoms with van der Waals surface area (Å²) in [5.74, 6) is 0.541. The summed E-state index contributed by atoms with van der Waals surface area (Å²) in [4.78, 5) is 12.2. The van der Waals surface area contributed by atoms with Crippen LogP contribution in [0.5, 0.6) is 5.75 Å². The van der Waals surface area contributed by atoms with Gasteiger partial charge < -0.3 is 10.1 Å². The Kier molecular flexibility index (Phi) is 3.43. The molecule has 0 unspecified atom stereocenters. The monoisotopic (exact) mass is 297 g/mol. The van der Waals surface area contributed by atoms with E-state index >= 15 is 0 Å². The van der Waals surface area contributed by atoms with Crippen molar-refractivity contribution in [3.05, 3.63) is 28.2 Å². The molecule has 2 rings (SSSR count). The van der Waals surface area contributed by atoms with Crippen molar-refractivity contribution in [2.75, 3.05) is 7.11 Å². The van der Waals surface area contributed by atoms with Crippen LogP contribution >= 0.6 is 15.9 Å². The minimum Gasteiger partial charge on any atom is -0.496 e. The zero-order valence-corrected chi connectivity index (χ0v) is 11.6. The first kappa shape index (κ1) is 12.4. The molecule has 3 nitrogen and oxygen atoms in total. The Morgan fingerprint density at radius 1 is 1.47 bits per heavy atom. The van der Waals surface area contributed by atoms with Gasteiger partial charge in [0.25, 0.3) is 5.91 Å². The number of carbonyl (C=O) groups is 1. The van der Waals surface area contributed by atoms with Crippen molar-refractivity contribution >= 4 is 21.8 Å². The third kappa shape index (κ3) is 2.63. The van der Waals surface area contributed by atoms with Gasteiger partial charge in [0.1, 0.15) is 5.75 Å². The van der Waals surface area contributed by atoms with Gasteiger partial charge in [-0.15, -0.1) is 0 Å². The smallest absolute Gasteiger partial charge is 0.255 e. The molecule has 1 fully saturated rings. The largest absolute Gasteiger partial charge is 0.496 e. The molecular weight excluding hydrogens is 282 g/mol. The molecule has 0 aromatic heterocycles. The number of hydrogen-bond donors (Lipinski definition) is 1. The molecule has 17 heavy (non-hydrogen) atoms. The molecule has 1 aliphatic carbocycles. The Morgan fingerprint density at radius 3 is 2.71 bits per heavy atom. The minimum atomic E-state index is -0.0645. The van der Waals surface area contributed by atoms with Crippen molar-refractivity contribution < 1.29 is 9.53 Å². The summed E-state index contributed by atoms with van der Waals surface area (Å²) in [5.41, 5.74) is 0.541. The molecule has 1 N–H and O–H groups in total. The van der Waals surface area contributed by atoms with Gasteiger partial charge in [-0.2, -0.15) is 0 Å². The summed E-state index contributed by atoms with van der Waals surface area (Å²) in [6.07, 6.45) is 3.29. The Labute approximate surface area is 110 Å². The quantitative estimate of drug-likeness (QED) is 0.931. The van der Waals surface area contributed by atoms with E-state index in [4.69, 9.17) is 4.74 Å². The molecule has 0 bridgehead atoms. The Bertz CT molecular complexity index is 441. The Hall–Kier alpha value is -1.03. The number of hydrogen-bond acceptors (Lipinski definition) is 2. The van der Waals surface area contributed by atoms with Gasteiger partial charge in [-0.05, 0) is 44.4 Å². The summed E-state index contributed by atoms with van der Waals surface area (Å²) in [7, 11) is 1.57. The van der Waals surface area contributed by atoms with Gasteiger partial charge in [0.15, 0.2) is 0 Å². The van der Waals surface area contributed by atoms with Crippen molar-refractivity contribution in [3.63, 3.8) is 0 Å². The third-order valence-corrected chi connectivity index (χ3v) is 3.77. The summed E-state index contributed by atoms with van der Waals surface area (Å²) >= 11 is 3.37. The van der Waals surface area contributed by atoms with Crippen molar-refractivity contribution in [1.82, 2.24) is 5.32 Å². The lowest BCUT2D eigenvalue weighted by Gasteiger charge is -2.39. The van der Waals surface area contributed by atoms with Crippen LogP contribution in [0.3, 0.4) is 0 Å². The second kappa shape index (κ2) is 4.69. The normalized spacial score (nSPS) is 17.1. The highest BCUT2D eigenvalue weighted by molar-refractivity contribution is 9.10. The molecule has 1 saturated carbocycles. The zero-order chi connectivity index (χ0) is 12.5. The predicted molar refractivity (Wildman–Crippen MR) is 70.4 cm³/mol. The van der Waals surface area contributed by atoms with E-state index in [1.807, 2.05) is 6.07 Å². The molecule has 1 aromatic carbocycles. The zero-order valence-electron chi connectivity index (χ0n) is 10.0. The van der Waals surface area contributed by atoms with E-state index in [2.05, 4.69) is 28.2 Å². The fraction of sp³-hybridized carbons (Fsp3) is 0.462. The molecule has 0 spiro atoms. The number of benzene rings is 1. The standard InChI is InChI=1S/C13H16BrNO2/c1-13(6-3-7-13)15-12(16)10-8-9(14)4-5-11(10)17-2/h4-5,8H,3,6-7H2,1-2H3,(H,15,16). The molecule has 92 valence electrons. The number of ether oxygens (including phenoxy) is 1. The molecular formula is C13H16BrNO2. The van der Waals surface area contributed by atoms with Crippen LogP contribution in [0.4, 0.5) is 0 Å². The fourth-order valence-corrected chi connectivity index (χ4v) is 2.39. The van der Waals surface area contributed by atoms with E-state index in [1.54, 1.807) is 19.2 Å². The number of halogens is 1. The van der Waals surface area contributed by atoms with Crippen LogP contribution in [0.25, 0.3) is 0 Å². The number of nitrogens with one attached hydrogen (secondary N) is 1. The summed E-state index contributed by atoms with van der Waals surface area (Å²) in [5, 5.41) is 3.07. The van der Waals surface area contributed by atoms with Gasteiger partial charge in [-0.1, -0.05) is 15.9 Å². The number of rotatable bonds is 3. The lowest BCUT2D eigenvalue weighted by atomic mass is 9.78. The highest BCUT2D eigenvalue weighted by Crippen LogP contribution is 2.32. The van der Waals surface area contributed by atoms with Gasteiger partial charge in [0, 0.05) is 10.0 Å². The van der Waals surface area contributed by atoms with E-state index in [0.717, 1.165) is 17.3 Å².